The average Bonchev–Trinajstić information content (AvgIpc) is 3.16. The van der Waals surface area contributed by atoms with Crippen LogP contribution in [-0.4, -0.2) is 31.9 Å². The molecule has 2 rings (SSSR count). The number of methoxy groups -OCH3 is 1. The Balaban J connectivity index is 1.88. The van der Waals surface area contributed by atoms with Crippen molar-refractivity contribution in [3.05, 3.63) is 28.8 Å². The van der Waals surface area contributed by atoms with Crippen LogP contribution in [0, 0.1) is 19.3 Å². The van der Waals surface area contributed by atoms with Crippen LogP contribution in [0.25, 0.3) is 0 Å². The van der Waals surface area contributed by atoms with Gasteiger partial charge in [0.2, 0.25) is 0 Å². The van der Waals surface area contributed by atoms with Gasteiger partial charge in [-0.15, -0.1) is 0 Å². The molecule has 1 fully saturated rings. The molecule has 2 N–H and O–H groups in total. The first-order valence-corrected chi connectivity index (χ1v) is 7.06. The number of aryl methyl sites for hydroxylation is 2. The van der Waals surface area contributed by atoms with Crippen molar-refractivity contribution in [2.24, 2.45) is 5.41 Å². The van der Waals surface area contributed by atoms with Gasteiger partial charge in [0.05, 0.1) is 7.11 Å². The molecule has 1 aliphatic rings. The minimum Gasteiger partial charge on any atom is -0.496 e. The van der Waals surface area contributed by atoms with E-state index in [-0.39, 0.29) is 5.41 Å². The van der Waals surface area contributed by atoms with Gasteiger partial charge in [-0.25, -0.2) is 0 Å². The van der Waals surface area contributed by atoms with E-state index < -0.39 is 0 Å². The Morgan fingerprint density at radius 1 is 1.32 bits per heavy atom. The van der Waals surface area contributed by atoms with Crippen molar-refractivity contribution in [1.29, 1.82) is 0 Å². The topological polar surface area (TPSA) is 41.5 Å². The Hall–Kier alpha value is -1.06. The van der Waals surface area contributed by atoms with Crippen molar-refractivity contribution in [1.82, 2.24) is 5.32 Å². The summed E-state index contributed by atoms with van der Waals surface area (Å²) < 4.78 is 5.47. The molecule has 0 amide bonds. The van der Waals surface area contributed by atoms with Crippen LogP contribution in [0.2, 0.25) is 0 Å². The van der Waals surface area contributed by atoms with Gasteiger partial charge >= 0.3 is 0 Å². The second-order valence-corrected chi connectivity index (χ2v) is 5.85. The van der Waals surface area contributed by atoms with Crippen LogP contribution in [0.1, 0.15) is 29.5 Å². The molecule has 0 radical (unpaired) electrons. The largest absolute Gasteiger partial charge is 0.496 e. The maximum absolute atomic E-state index is 9.27. The fourth-order valence-corrected chi connectivity index (χ4v) is 2.60. The Kier molecular flexibility index (Phi) is 4.48. The number of hydrogen-bond donors (Lipinski definition) is 2. The lowest BCUT2D eigenvalue weighted by molar-refractivity contribution is 0.208. The molecule has 0 aromatic heterocycles. The number of nitrogens with one attached hydrogen (secondary N) is 1. The van der Waals surface area contributed by atoms with Crippen LogP contribution in [0.3, 0.4) is 0 Å². The molecular weight excluding hydrogens is 238 g/mol. The Labute approximate surface area is 116 Å². The maximum Gasteiger partial charge on any atom is 0.122 e. The molecule has 0 heterocycles. The van der Waals surface area contributed by atoms with E-state index >= 15 is 0 Å². The zero-order valence-electron chi connectivity index (χ0n) is 12.3. The van der Waals surface area contributed by atoms with Gasteiger partial charge in [-0.2, -0.15) is 0 Å². The summed E-state index contributed by atoms with van der Waals surface area (Å²) in [6.45, 7) is 6.40. The summed E-state index contributed by atoms with van der Waals surface area (Å²) >= 11 is 0. The number of rotatable bonds is 7. The number of aliphatic hydroxyl groups is 1. The number of hydrogen-bond acceptors (Lipinski definition) is 3. The van der Waals surface area contributed by atoms with Gasteiger partial charge in [-0.05, 0) is 62.4 Å². The van der Waals surface area contributed by atoms with Crippen molar-refractivity contribution in [2.75, 3.05) is 26.8 Å². The molecule has 1 aromatic carbocycles. The second kappa shape index (κ2) is 5.93. The maximum atomic E-state index is 9.27. The summed E-state index contributed by atoms with van der Waals surface area (Å²) in [4.78, 5) is 0. The summed E-state index contributed by atoms with van der Waals surface area (Å²) in [5.41, 5.74) is 4.01. The lowest BCUT2D eigenvalue weighted by atomic mass is 10.0. The van der Waals surface area contributed by atoms with Crippen molar-refractivity contribution < 1.29 is 9.84 Å². The molecular formula is C16H25NO2. The molecule has 1 aliphatic carbocycles. The summed E-state index contributed by atoms with van der Waals surface area (Å²) in [7, 11) is 1.73. The summed E-state index contributed by atoms with van der Waals surface area (Å²) in [6, 6.07) is 4.30. The van der Waals surface area contributed by atoms with Crippen LogP contribution in [0.15, 0.2) is 12.1 Å². The van der Waals surface area contributed by atoms with Crippen LogP contribution in [0.4, 0.5) is 0 Å². The molecule has 1 aromatic rings. The molecule has 0 bridgehead atoms. The van der Waals surface area contributed by atoms with Gasteiger partial charge in [-0.1, -0.05) is 6.07 Å². The van der Waals surface area contributed by atoms with Crippen molar-refractivity contribution >= 4 is 0 Å². The third kappa shape index (κ3) is 3.48. The van der Waals surface area contributed by atoms with Crippen molar-refractivity contribution in [2.45, 2.75) is 33.1 Å². The molecule has 0 spiro atoms. The predicted octanol–water partition coefficient (Wildman–Crippen LogP) is 2.22. The number of aliphatic hydroxyl groups excluding tert-OH is 1. The highest BCUT2D eigenvalue weighted by atomic mass is 16.5. The summed E-state index contributed by atoms with van der Waals surface area (Å²) in [5.74, 6) is 0.989. The number of benzene rings is 1. The first kappa shape index (κ1) is 14.4. The van der Waals surface area contributed by atoms with E-state index in [0.717, 1.165) is 38.1 Å². The molecule has 0 unspecified atom stereocenters. The van der Waals surface area contributed by atoms with Crippen LogP contribution in [-0.2, 0) is 6.42 Å². The highest BCUT2D eigenvalue weighted by molar-refractivity contribution is 5.43. The average molecular weight is 263 g/mol. The van der Waals surface area contributed by atoms with Gasteiger partial charge in [0, 0.05) is 18.6 Å². The third-order valence-corrected chi connectivity index (χ3v) is 4.14. The number of ether oxygens (including phenoxy) is 1. The van der Waals surface area contributed by atoms with Gasteiger partial charge in [0.1, 0.15) is 5.75 Å². The lowest BCUT2D eigenvalue weighted by Crippen LogP contribution is -2.28. The standard InChI is InChI=1S/C16H25NO2/c1-12-8-13(2)14(15(9-12)19-3)4-7-17-10-16(11-18)5-6-16/h8-9,17-18H,4-7,10-11H2,1-3H3. The Morgan fingerprint density at radius 3 is 2.63 bits per heavy atom. The highest BCUT2D eigenvalue weighted by Gasteiger charge is 2.41. The smallest absolute Gasteiger partial charge is 0.122 e. The van der Waals surface area contributed by atoms with E-state index in [1.165, 1.54) is 16.7 Å². The van der Waals surface area contributed by atoms with Gasteiger partial charge in [0.15, 0.2) is 0 Å². The fraction of sp³-hybridized carbons (Fsp3) is 0.625. The molecule has 19 heavy (non-hydrogen) atoms. The second-order valence-electron chi connectivity index (χ2n) is 5.85. The van der Waals surface area contributed by atoms with Crippen LogP contribution in [0.5, 0.6) is 5.75 Å². The van der Waals surface area contributed by atoms with E-state index in [0.29, 0.717) is 6.61 Å². The van der Waals surface area contributed by atoms with Crippen molar-refractivity contribution in [3.63, 3.8) is 0 Å². The van der Waals surface area contributed by atoms with E-state index in [1.807, 2.05) is 0 Å². The van der Waals surface area contributed by atoms with Gasteiger partial charge in [0.25, 0.3) is 0 Å². The molecule has 3 nitrogen and oxygen atoms in total. The quantitative estimate of drug-likeness (QED) is 0.741. The first-order valence-electron chi connectivity index (χ1n) is 7.06. The minimum atomic E-state index is 0.187. The third-order valence-electron chi connectivity index (χ3n) is 4.14. The van der Waals surface area contributed by atoms with E-state index in [9.17, 15) is 5.11 Å². The summed E-state index contributed by atoms with van der Waals surface area (Å²) in [5, 5.41) is 12.7. The molecule has 0 atom stereocenters. The van der Waals surface area contributed by atoms with E-state index in [2.05, 4.69) is 31.3 Å². The first-order chi connectivity index (χ1) is 9.10. The summed E-state index contributed by atoms with van der Waals surface area (Å²) in [6.07, 6.45) is 3.28. The van der Waals surface area contributed by atoms with Crippen LogP contribution < -0.4 is 10.1 Å². The predicted molar refractivity (Wildman–Crippen MR) is 77.8 cm³/mol. The van der Waals surface area contributed by atoms with Gasteiger partial charge in [-0.3, -0.25) is 0 Å². The van der Waals surface area contributed by atoms with E-state index in [1.54, 1.807) is 7.11 Å². The van der Waals surface area contributed by atoms with Crippen molar-refractivity contribution in [3.8, 4) is 5.75 Å². The molecule has 106 valence electrons. The Bertz CT molecular complexity index is 439. The SMILES string of the molecule is COc1cc(C)cc(C)c1CCNCC1(CO)CC1. The molecule has 3 heteroatoms. The lowest BCUT2D eigenvalue weighted by Gasteiger charge is -2.15. The normalized spacial score (nSPS) is 16.4. The van der Waals surface area contributed by atoms with Crippen LogP contribution >= 0.6 is 0 Å². The zero-order valence-corrected chi connectivity index (χ0v) is 12.3. The van der Waals surface area contributed by atoms with Gasteiger partial charge < -0.3 is 15.2 Å². The Morgan fingerprint density at radius 2 is 2.05 bits per heavy atom. The molecule has 0 aliphatic heterocycles. The zero-order chi connectivity index (χ0) is 13.9. The van der Waals surface area contributed by atoms with E-state index in [4.69, 9.17) is 4.74 Å². The molecule has 1 saturated carbocycles. The minimum absolute atomic E-state index is 0.187. The highest BCUT2D eigenvalue weighted by Crippen LogP contribution is 2.44. The fourth-order valence-electron chi connectivity index (χ4n) is 2.60. The molecule has 0 saturated heterocycles. The monoisotopic (exact) mass is 263 g/mol.